The molecule has 2 aliphatic heterocycles. The summed E-state index contributed by atoms with van der Waals surface area (Å²) in [5, 5.41) is 32.4. The number of para-hydroxylation sites is 1. The number of aliphatic hydroxyl groups is 3. The first-order chi connectivity index (χ1) is 13.5. The highest BCUT2D eigenvalue weighted by molar-refractivity contribution is 5.77. The first-order valence-corrected chi connectivity index (χ1v) is 8.99. The van der Waals surface area contributed by atoms with Gasteiger partial charge in [-0.3, -0.25) is 4.57 Å². The summed E-state index contributed by atoms with van der Waals surface area (Å²) in [6, 6.07) is 5.31. The van der Waals surface area contributed by atoms with Gasteiger partial charge in [-0.05, 0) is 18.6 Å². The number of aliphatic hydroxyl groups excluding tert-OH is 3. The molecule has 10 nitrogen and oxygen atoms in total. The molecule has 1 saturated heterocycles. The van der Waals surface area contributed by atoms with Gasteiger partial charge in [-0.15, -0.1) is 0 Å². The molecule has 0 bridgehead atoms. The number of nitrogens with zero attached hydrogens (tertiary/aromatic N) is 2. The summed E-state index contributed by atoms with van der Waals surface area (Å²) in [5.74, 6) is 1.53. The van der Waals surface area contributed by atoms with Crippen LogP contribution in [-0.2, 0) is 4.74 Å². The minimum atomic E-state index is -1.40. The predicted octanol–water partition coefficient (Wildman–Crippen LogP) is 0.493. The van der Waals surface area contributed by atoms with E-state index in [9.17, 15) is 20.1 Å². The van der Waals surface area contributed by atoms with E-state index in [0.29, 0.717) is 23.8 Å². The topological polar surface area (TPSA) is 135 Å². The molecule has 150 valence electrons. The van der Waals surface area contributed by atoms with E-state index in [0.717, 1.165) is 11.0 Å². The van der Waals surface area contributed by atoms with E-state index in [-0.39, 0.29) is 11.6 Å². The van der Waals surface area contributed by atoms with Crippen molar-refractivity contribution in [3.8, 4) is 17.2 Å². The molecule has 2 aliphatic rings. The van der Waals surface area contributed by atoms with Crippen molar-refractivity contribution in [3.05, 3.63) is 34.9 Å². The Bertz CT molecular complexity index is 932. The molecule has 1 fully saturated rings. The molecule has 0 saturated carbocycles. The number of ether oxygens (including phenoxy) is 3. The van der Waals surface area contributed by atoms with E-state index in [1.807, 2.05) is 6.92 Å². The molecule has 3 heterocycles. The average molecular weight is 391 g/mol. The number of rotatable bonds is 5. The molecule has 1 aromatic heterocycles. The second-order valence-corrected chi connectivity index (χ2v) is 6.58. The molecule has 4 rings (SSSR count). The third-order valence-electron chi connectivity index (χ3n) is 4.62. The molecular formula is C18H21N3O7. The van der Waals surface area contributed by atoms with Crippen molar-refractivity contribution < 1.29 is 29.5 Å². The normalized spacial score (nSPS) is 25.4. The van der Waals surface area contributed by atoms with Crippen LogP contribution in [0.3, 0.4) is 0 Å². The van der Waals surface area contributed by atoms with Gasteiger partial charge in [0.05, 0.1) is 19.4 Å². The molecule has 28 heavy (non-hydrogen) atoms. The highest BCUT2D eigenvalue weighted by Crippen LogP contribution is 2.45. The van der Waals surface area contributed by atoms with Crippen LogP contribution in [-0.4, -0.2) is 56.4 Å². The van der Waals surface area contributed by atoms with Crippen molar-refractivity contribution >= 4 is 11.5 Å². The van der Waals surface area contributed by atoms with Gasteiger partial charge in [-0.1, -0.05) is 13.0 Å². The minimum absolute atomic E-state index is 0.202. The highest BCUT2D eigenvalue weighted by atomic mass is 16.6. The van der Waals surface area contributed by atoms with Gasteiger partial charge >= 0.3 is 5.69 Å². The van der Waals surface area contributed by atoms with E-state index in [4.69, 9.17) is 14.2 Å². The fraction of sp³-hybridized carbons (Fsp3) is 0.444. The van der Waals surface area contributed by atoms with Crippen LogP contribution in [0.15, 0.2) is 29.2 Å². The molecule has 4 unspecified atom stereocenters. The van der Waals surface area contributed by atoms with Crippen molar-refractivity contribution in [3.63, 3.8) is 0 Å². The van der Waals surface area contributed by atoms with Crippen LogP contribution in [0.4, 0.5) is 11.5 Å². The van der Waals surface area contributed by atoms with Crippen molar-refractivity contribution in [1.82, 2.24) is 9.55 Å². The Labute approximate surface area is 159 Å². The first kappa shape index (κ1) is 18.7. The smallest absolute Gasteiger partial charge is 0.351 e. The van der Waals surface area contributed by atoms with Gasteiger partial charge in [0.25, 0.3) is 0 Å². The fourth-order valence-corrected chi connectivity index (χ4v) is 3.20. The van der Waals surface area contributed by atoms with Crippen LogP contribution in [0.5, 0.6) is 17.2 Å². The van der Waals surface area contributed by atoms with Gasteiger partial charge in [0.15, 0.2) is 23.5 Å². The predicted molar refractivity (Wildman–Crippen MR) is 97.1 cm³/mol. The molecule has 0 radical (unpaired) electrons. The zero-order valence-corrected chi connectivity index (χ0v) is 15.1. The maximum atomic E-state index is 12.5. The number of hydrogen-bond acceptors (Lipinski definition) is 9. The monoisotopic (exact) mass is 391 g/mol. The van der Waals surface area contributed by atoms with Crippen LogP contribution in [0, 0.1) is 0 Å². The van der Waals surface area contributed by atoms with Gasteiger partial charge in [0.1, 0.15) is 29.7 Å². The van der Waals surface area contributed by atoms with Crippen LogP contribution in [0.2, 0.25) is 0 Å². The second-order valence-electron chi connectivity index (χ2n) is 6.58. The maximum Gasteiger partial charge on any atom is 0.351 e. The van der Waals surface area contributed by atoms with Crippen LogP contribution < -0.4 is 20.5 Å². The number of hydrogen-bond donors (Lipinski definition) is 4. The maximum absolute atomic E-state index is 12.5. The van der Waals surface area contributed by atoms with E-state index >= 15 is 0 Å². The number of anilines is 2. The van der Waals surface area contributed by atoms with E-state index < -0.39 is 36.8 Å². The Balaban J connectivity index is 1.67. The summed E-state index contributed by atoms with van der Waals surface area (Å²) in [6.45, 7) is 2.04. The van der Waals surface area contributed by atoms with Crippen molar-refractivity contribution in [2.45, 2.75) is 37.9 Å². The third kappa shape index (κ3) is 3.10. The van der Waals surface area contributed by atoms with Crippen molar-refractivity contribution in [1.29, 1.82) is 0 Å². The van der Waals surface area contributed by atoms with Crippen LogP contribution in [0.1, 0.15) is 19.6 Å². The molecule has 4 atom stereocenters. The molecule has 0 spiro atoms. The Kier molecular flexibility index (Phi) is 4.94. The lowest BCUT2D eigenvalue weighted by atomic mass is 10.1. The SMILES string of the molecule is CCCOc1cccc2c1Nc1nc(=O)n(C3OC(CO)C(O)C3O)cc1O2. The lowest BCUT2D eigenvalue weighted by Gasteiger charge is -2.25. The molecule has 0 aliphatic carbocycles. The first-order valence-electron chi connectivity index (χ1n) is 8.99. The number of fused-ring (bicyclic) bond motifs is 2. The van der Waals surface area contributed by atoms with Gasteiger partial charge in [0, 0.05) is 0 Å². The van der Waals surface area contributed by atoms with Gasteiger partial charge in [-0.25, -0.2) is 4.79 Å². The largest absolute Gasteiger partial charge is 0.491 e. The van der Waals surface area contributed by atoms with Crippen LogP contribution in [0.25, 0.3) is 0 Å². The molecular weight excluding hydrogens is 370 g/mol. The summed E-state index contributed by atoms with van der Waals surface area (Å²) in [7, 11) is 0. The molecule has 4 N–H and O–H groups in total. The molecule has 0 amide bonds. The zero-order chi connectivity index (χ0) is 19.8. The number of benzene rings is 1. The van der Waals surface area contributed by atoms with Gasteiger partial charge in [0.2, 0.25) is 0 Å². The Hall–Kier alpha value is -2.66. The fourth-order valence-electron chi connectivity index (χ4n) is 3.20. The number of aromatic nitrogens is 2. The Morgan fingerprint density at radius 1 is 1.29 bits per heavy atom. The van der Waals surface area contributed by atoms with Crippen molar-refractivity contribution in [2.75, 3.05) is 18.5 Å². The quantitative estimate of drug-likeness (QED) is 0.490. The lowest BCUT2D eigenvalue weighted by Crippen LogP contribution is -2.36. The van der Waals surface area contributed by atoms with E-state index in [1.54, 1.807) is 18.2 Å². The van der Waals surface area contributed by atoms with E-state index in [2.05, 4.69) is 10.3 Å². The summed E-state index contributed by atoms with van der Waals surface area (Å²) in [6.07, 6.45) is -2.72. The Morgan fingerprint density at radius 3 is 2.82 bits per heavy atom. The third-order valence-corrected chi connectivity index (χ3v) is 4.62. The van der Waals surface area contributed by atoms with E-state index in [1.165, 1.54) is 6.20 Å². The number of nitrogens with one attached hydrogen (secondary N) is 1. The Morgan fingerprint density at radius 2 is 2.11 bits per heavy atom. The molecule has 1 aromatic carbocycles. The van der Waals surface area contributed by atoms with Gasteiger partial charge in [-0.2, -0.15) is 4.98 Å². The average Bonchev–Trinajstić information content (AvgIpc) is 2.98. The highest BCUT2D eigenvalue weighted by Gasteiger charge is 2.44. The van der Waals surface area contributed by atoms with Gasteiger partial charge < -0.3 is 34.8 Å². The second kappa shape index (κ2) is 7.40. The molecule has 10 heteroatoms. The minimum Gasteiger partial charge on any atom is -0.491 e. The zero-order valence-electron chi connectivity index (χ0n) is 15.1. The van der Waals surface area contributed by atoms with Crippen molar-refractivity contribution in [2.24, 2.45) is 0 Å². The summed E-state index contributed by atoms with van der Waals surface area (Å²) >= 11 is 0. The summed E-state index contributed by atoms with van der Waals surface area (Å²) < 4.78 is 18.0. The standard InChI is InChI=1S/C18H21N3O7/c1-2-6-26-9-4-3-5-10-13(9)19-16-11(27-10)7-21(18(25)20-16)17-15(24)14(23)12(8-22)28-17/h3-5,7,12,14-15,17,22-24H,2,6,8H2,1H3,(H,19,20,25). The summed E-state index contributed by atoms with van der Waals surface area (Å²) in [4.78, 5) is 16.5. The van der Waals surface area contributed by atoms with Crippen LogP contribution >= 0.6 is 0 Å². The molecule has 2 aromatic rings. The lowest BCUT2D eigenvalue weighted by molar-refractivity contribution is -0.0551. The summed E-state index contributed by atoms with van der Waals surface area (Å²) in [5.41, 5.74) is -0.138.